The molecule has 0 amide bonds. The number of anilines is 3. The zero-order valence-corrected chi connectivity index (χ0v) is 12.0. The molecular formula is C13H12BrClN2O. The molecule has 0 aliphatic heterocycles. The predicted molar refractivity (Wildman–Crippen MR) is 79.8 cm³/mol. The number of nitrogens with two attached hydrogens (primary N) is 1. The highest BCUT2D eigenvalue weighted by molar-refractivity contribution is 9.10. The Balaban J connectivity index is 2.33. The van der Waals surface area contributed by atoms with Gasteiger partial charge in [-0.3, -0.25) is 0 Å². The van der Waals surface area contributed by atoms with E-state index in [1.807, 2.05) is 24.3 Å². The molecule has 3 nitrogen and oxygen atoms in total. The molecule has 0 bridgehead atoms. The van der Waals surface area contributed by atoms with Gasteiger partial charge in [0.1, 0.15) is 5.75 Å². The summed E-state index contributed by atoms with van der Waals surface area (Å²) in [7, 11) is 1.63. The second-order valence-electron chi connectivity index (χ2n) is 3.70. The number of hydrogen-bond donors (Lipinski definition) is 2. The molecule has 0 saturated heterocycles. The van der Waals surface area contributed by atoms with Crippen LogP contribution in [0.15, 0.2) is 40.9 Å². The van der Waals surface area contributed by atoms with Crippen LogP contribution in [0.1, 0.15) is 0 Å². The Bertz CT molecular complexity index is 575. The molecule has 18 heavy (non-hydrogen) atoms. The van der Waals surface area contributed by atoms with Crippen LogP contribution in [0.3, 0.4) is 0 Å². The number of halogens is 2. The molecule has 0 unspecified atom stereocenters. The highest BCUT2D eigenvalue weighted by Gasteiger charge is 2.05. The first-order chi connectivity index (χ1) is 8.60. The maximum Gasteiger partial charge on any atom is 0.121 e. The van der Waals surface area contributed by atoms with Gasteiger partial charge in [-0.1, -0.05) is 11.6 Å². The van der Waals surface area contributed by atoms with E-state index < -0.39 is 0 Å². The van der Waals surface area contributed by atoms with Crippen molar-refractivity contribution in [2.75, 3.05) is 18.2 Å². The minimum Gasteiger partial charge on any atom is -0.497 e. The van der Waals surface area contributed by atoms with Crippen LogP contribution in [0, 0.1) is 0 Å². The Morgan fingerprint density at radius 1 is 1.17 bits per heavy atom. The average Bonchev–Trinajstić information content (AvgIpc) is 2.35. The van der Waals surface area contributed by atoms with Crippen LogP contribution < -0.4 is 15.8 Å². The first kappa shape index (κ1) is 13.1. The summed E-state index contributed by atoms with van der Waals surface area (Å²) in [5.74, 6) is 0.772. The number of hydrogen-bond acceptors (Lipinski definition) is 3. The van der Waals surface area contributed by atoms with Gasteiger partial charge in [0.05, 0.1) is 24.2 Å². The fourth-order valence-electron chi connectivity index (χ4n) is 1.52. The van der Waals surface area contributed by atoms with Gasteiger partial charge in [-0.05, 0) is 46.3 Å². The van der Waals surface area contributed by atoms with E-state index in [9.17, 15) is 0 Å². The topological polar surface area (TPSA) is 47.3 Å². The minimum absolute atomic E-state index is 0.595. The summed E-state index contributed by atoms with van der Waals surface area (Å²) in [4.78, 5) is 0. The van der Waals surface area contributed by atoms with Crippen molar-refractivity contribution in [3.63, 3.8) is 0 Å². The van der Waals surface area contributed by atoms with Crippen molar-refractivity contribution in [3.8, 4) is 5.75 Å². The summed E-state index contributed by atoms with van der Waals surface area (Å²) in [6.07, 6.45) is 0. The highest BCUT2D eigenvalue weighted by atomic mass is 79.9. The van der Waals surface area contributed by atoms with Crippen molar-refractivity contribution in [1.82, 2.24) is 0 Å². The third kappa shape index (κ3) is 2.89. The van der Waals surface area contributed by atoms with Gasteiger partial charge in [-0.25, -0.2) is 0 Å². The summed E-state index contributed by atoms with van der Waals surface area (Å²) >= 11 is 9.33. The van der Waals surface area contributed by atoms with E-state index in [-0.39, 0.29) is 0 Å². The van der Waals surface area contributed by atoms with Gasteiger partial charge in [-0.2, -0.15) is 0 Å². The second kappa shape index (κ2) is 5.50. The van der Waals surface area contributed by atoms with E-state index in [1.165, 1.54) is 0 Å². The fourth-order valence-corrected chi connectivity index (χ4v) is 2.05. The highest BCUT2D eigenvalue weighted by Crippen LogP contribution is 2.32. The molecule has 2 aromatic rings. The lowest BCUT2D eigenvalue weighted by molar-refractivity contribution is 0.415. The van der Waals surface area contributed by atoms with Crippen molar-refractivity contribution in [2.45, 2.75) is 0 Å². The van der Waals surface area contributed by atoms with E-state index >= 15 is 0 Å². The third-order valence-corrected chi connectivity index (χ3v) is 3.38. The van der Waals surface area contributed by atoms with Gasteiger partial charge in [-0.15, -0.1) is 0 Å². The molecule has 0 aromatic heterocycles. The van der Waals surface area contributed by atoms with E-state index in [2.05, 4.69) is 21.2 Å². The van der Waals surface area contributed by atoms with Gasteiger partial charge in [0.25, 0.3) is 0 Å². The molecule has 0 fully saturated rings. The van der Waals surface area contributed by atoms with Gasteiger partial charge in [0, 0.05) is 15.6 Å². The van der Waals surface area contributed by atoms with Crippen LogP contribution in [0.2, 0.25) is 5.02 Å². The first-order valence-electron chi connectivity index (χ1n) is 5.26. The molecule has 0 spiro atoms. The van der Waals surface area contributed by atoms with Crippen molar-refractivity contribution in [2.24, 2.45) is 0 Å². The molecule has 2 rings (SSSR count). The molecule has 94 valence electrons. The monoisotopic (exact) mass is 326 g/mol. The van der Waals surface area contributed by atoms with Crippen LogP contribution in [-0.4, -0.2) is 7.11 Å². The van der Waals surface area contributed by atoms with Gasteiger partial charge in [0.15, 0.2) is 0 Å². The van der Waals surface area contributed by atoms with Crippen molar-refractivity contribution >= 4 is 44.6 Å². The second-order valence-corrected chi connectivity index (χ2v) is 4.99. The zero-order chi connectivity index (χ0) is 13.1. The molecule has 3 N–H and O–H groups in total. The number of ether oxygens (including phenoxy) is 1. The Hall–Kier alpha value is -1.39. The van der Waals surface area contributed by atoms with Crippen molar-refractivity contribution < 1.29 is 4.74 Å². The lowest BCUT2D eigenvalue weighted by atomic mass is 10.2. The van der Waals surface area contributed by atoms with Crippen LogP contribution >= 0.6 is 27.5 Å². The normalized spacial score (nSPS) is 10.2. The smallest absolute Gasteiger partial charge is 0.121 e. The Labute approximate surface area is 119 Å². The molecule has 0 radical (unpaired) electrons. The summed E-state index contributed by atoms with van der Waals surface area (Å²) < 4.78 is 6.11. The molecular weight excluding hydrogens is 316 g/mol. The number of benzene rings is 2. The molecule has 2 aromatic carbocycles. The van der Waals surface area contributed by atoms with Crippen molar-refractivity contribution in [1.29, 1.82) is 0 Å². The van der Waals surface area contributed by atoms with Crippen LogP contribution in [0.25, 0.3) is 0 Å². The number of nitrogen functional groups attached to an aromatic ring is 1. The van der Waals surface area contributed by atoms with E-state index in [0.29, 0.717) is 10.7 Å². The van der Waals surface area contributed by atoms with E-state index in [0.717, 1.165) is 21.6 Å². The zero-order valence-electron chi connectivity index (χ0n) is 9.71. The summed E-state index contributed by atoms with van der Waals surface area (Å²) in [5.41, 5.74) is 8.17. The lowest BCUT2D eigenvalue weighted by Gasteiger charge is -2.12. The molecule has 0 saturated carbocycles. The molecule has 5 heteroatoms. The van der Waals surface area contributed by atoms with Crippen LogP contribution in [0.4, 0.5) is 17.1 Å². The maximum atomic E-state index is 5.90. The summed E-state index contributed by atoms with van der Waals surface area (Å²) in [6.45, 7) is 0. The minimum atomic E-state index is 0.595. The Morgan fingerprint density at radius 2 is 1.94 bits per heavy atom. The Kier molecular flexibility index (Phi) is 3.99. The fraction of sp³-hybridized carbons (Fsp3) is 0.0769. The maximum absolute atomic E-state index is 5.90. The summed E-state index contributed by atoms with van der Waals surface area (Å²) in [6, 6.07) is 11.0. The lowest BCUT2D eigenvalue weighted by Crippen LogP contribution is -1.97. The van der Waals surface area contributed by atoms with E-state index in [1.54, 1.807) is 19.2 Å². The summed E-state index contributed by atoms with van der Waals surface area (Å²) in [5, 5.41) is 3.85. The SMILES string of the molecule is COc1ccc(Br)c(Nc2ccc(Cl)cc2N)c1. The average molecular weight is 328 g/mol. The number of methoxy groups -OCH3 is 1. The first-order valence-corrected chi connectivity index (χ1v) is 6.43. The quantitative estimate of drug-likeness (QED) is 0.819. The van der Waals surface area contributed by atoms with Gasteiger partial charge in [0.2, 0.25) is 0 Å². The largest absolute Gasteiger partial charge is 0.497 e. The standard InChI is InChI=1S/C13H12BrClN2O/c1-18-9-3-4-10(14)13(7-9)17-12-5-2-8(15)6-11(12)16/h2-7,17H,16H2,1H3. The van der Waals surface area contributed by atoms with Gasteiger partial charge >= 0.3 is 0 Å². The molecule has 0 atom stereocenters. The molecule has 0 heterocycles. The van der Waals surface area contributed by atoms with Crippen molar-refractivity contribution in [3.05, 3.63) is 45.9 Å². The number of rotatable bonds is 3. The Morgan fingerprint density at radius 3 is 2.61 bits per heavy atom. The van der Waals surface area contributed by atoms with Crippen LogP contribution in [0.5, 0.6) is 5.75 Å². The van der Waals surface area contributed by atoms with Gasteiger partial charge < -0.3 is 15.8 Å². The third-order valence-electron chi connectivity index (χ3n) is 2.46. The number of nitrogens with one attached hydrogen (secondary N) is 1. The van der Waals surface area contributed by atoms with Crippen LogP contribution in [-0.2, 0) is 0 Å². The molecule has 0 aliphatic carbocycles. The molecule has 0 aliphatic rings. The van der Waals surface area contributed by atoms with E-state index in [4.69, 9.17) is 22.1 Å². The predicted octanol–water partition coefficient (Wildman–Crippen LogP) is 4.44.